The molecule has 0 aliphatic carbocycles. The van der Waals surface area contributed by atoms with Gasteiger partial charge in [-0.1, -0.05) is 41.3 Å². The fourth-order valence-corrected chi connectivity index (χ4v) is 5.13. The van der Waals surface area contributed by atoms with Crippen LogP contribution in [0.3, 0.4) is 0 Å². The average Bonchev–Trinajstić information content (AvgIpc) is 3.33. The summed E-state index contributed by atoms with van der Waals surface area (Å²) in [6.07, 6.45) is 0. The van der Waals surface area contributed by atoms with Gasteiger partial charge in [-0.2, -0.15) is 0 Å². The number of imidazole rings is 1. The van der Waals surface area contributed by atoms with Crippen LogP contribution in [0.15, 0.2) is 84.9 Å². The second-order valence-corrected chi connectivity index (χ2v) is 9.86. The second kappa shape index (κ2) is 9.32. The van der Waals surface area contributed by atoms with Crippen molar-refractivity contribution in [2.45, 2.75) is 19.3 Å². The molecule has 0 amide bonds. The molecule has 0 atom stereocenters. The third-order valence-corrected chi connectivity index (χ3v) is 7.15. The summed E-state index contributed by atoms with van der Waals surface area (Å²) < 4.78 is 30.1. The molecule has 0 aliphatic rings. The molecule has 0 bridgehead atoms. The van der Waals surface area contributed by atoms with Crippen molar-refractivity contribution in [3.8, 4) is 11.3 Å². The Labute approximate surface area is 237 Å². The van der Waals surface area contributed by atoms with Crippen LogP contribution < -0.4 is 0 Å². The molecule has 4 heterocycles. The molecule has 7 rings (SSSR count). The van der Waals surface area contributed by atoms with Crippen LogP contribution in [0.4, 0.5) is 8.78 Å². The molecule has 0 spiro atoms. The molecule has 192 valence electrons. The maximum atomic E-state index is 14.5. The minimum atomic E-state index is -0.699. The van der Waals surface area contributed by atoms with E-state index in [4.69, 9.17) is 15.0 Å². The Morgan fingerprint density at radius 1 is 0.795 bits per heavy atom. The Kier molecular flexibility index (Phi) is 6.04. The Balaban J connectivity index is 0.00000277. The fraction of sp³-hybridized carbons (Fsp3) is 0.0938. The van der Waals surface area contributed by atoms with E-state index in [1.807, 2.05) is 68.4 Å². The first-order valence-electron chi connectivity index (χ1n) is 12.3. The number of halogens is 2. The zero-order chi connectivity index (χ0) is 26.0. The van der Waals surface area contributed by atoms with E-state index in [0.29, 0.717) is 11.4 Å². The number of nitrogens with zero attached hydrogens (tertiary/aromatic N) is 4. The van der Waals surface area contributed by atoms with Gasteiger partial charge in [0.1, 0.15) is 5.65 Å². The van der Waals surface area contributed by atoms with Gasteiger partial charge in [0.05, 0.1) is 11.0 Å². The van der Waals surface area contributed by atoms with Crippen molar-refractivity contribution in [2.75, 3.05) is 0 Å². The topological polar surface area (TPSA) is 43.1 Å². The van der Waals surface area contributed by atoms with Gasteiger partial charge >= 0.3 is 21.1 Å². The Morgan fingerprint density at radius 3 is 2.46 bits per heavy atom. The summed E-state index contributed by atoms with van der Waals surface area (Å²) in [7, 11) is 0. The number of benzene rings is 3. The summed E-state index contributed by atoms with van der Waals surface area (Å²) in [5.41, 5.74) is 5.97. The normalized spacial score (nSPS) is 11.9. The van der Waals surface area contributed by atoms with E-state index in [2.05, 4.69) is 28.7 Å². The number of rotatable bonds is 3. The smallest absolute Gasteiger partial charge is 0.307 e. The van der Waals surface area contributed by atoms with Gasteiger partial charge in [-0.05, 0) is 49.9 Å². The van der Waals surface area contributed by atoms with E-state index in [-0.39, 0.29) is 26.6 Å². The molecule has 0 radical (unpaired) electrons. The summed E-state index contributed by atoms with van der Waals surface area (Å²) in [5.74, 6) is -1.37. The van der Waals surface area contributed by atoms with Crippen LogP contribution in [0.2, 0.25) is 0 Å². The van der Waals surface area contributed by atoms with Crippen LogP contribution in [0.5, 0.6) is 0 Å². The monoisotopic (exact) mass is 693 g/mol. The Morgan fingerprint density at radius 2 is 1.62 bits per heavy atom. The number of para-hydroxylation sites is 2. The molecule has 39 heavy (non-hydrogen) atoms. The number of fused-ring (bicyclic) bond motifs is 8. The minimum Gasteiger partial charge on any atom is -0.307 e. The molecule has 4 nitrogen and oxygen atoms in total. The number of hydrogen-bond acceptors (Lipinski definition) is 3. The maximum Gasteiger partial charge on any atom is 2.00 e. The number of hydrogen-bond donors (Lipinski definition) is 0. The van der Waals surface area contributed by atoms with E-state index in [9.17, 15) is 8.78 Å². The van der Waals surface area contributed by atoms with E-state index in [1.165, 1.54) is 0 Å². The van der Waals surface area contributed by atoms with E-state index in [0.717, 1.165) is 56.3 Å². The predicted molar refractivity (Wildman–Crippen MR) is 145 cm³/mol. The molecule has 4 aromatic heterocycles. The van der Waals surface area contributed by atoms with Crippen molar-refractivity contribution < 1.29 is 29.8 Å². The van der Waals surface area contributed by atoms with Gasteiger partial charge in [0.2, 0.25) is 0 Å². The molecule has 7 heteroatoms. The summed E-state index contributed by atoms with van der Waals surface area (Å²) in [6.45, 7) is 4.07. The molecule has 3 aromatic carbocycles. The van der Waals surface area contributed by atoms with Gasteiger partial charge in [-0.3, -0.25) is 13.8 Å². The van der Waals surface area contributed by atoms with E-state index in [1.54, 1.807) is 6.07 Å². The van der Waals surface area contributed by atoms with Crippen molar-refractivity contribution >= 4 is 38.5 Å². The third-order valence-electron chi connectivity index (χ3n) is 7.15. The molecular formula is C32H20F2N4Pt. The van der Waals surface area contributed by atoms with Crippen LogP contribution in [0, 0.1) is 23.8 Å². The first-order valence-corrected chi connectivity index (χ1v) is 12.3. The van der Waals surface area contributed by atoms with Gasteiger partial charge in [0.25, 0.3) is 0 Å². The van der Waals surface area contributed by atoms with Crippen LogP contribution in [-0.4, -0.2) is 19.4 Å². The number of aromatic nitrogens is 4. The Bertz CT molecular complexity index is 2050. The molecule has 0 unspecified atom stereocenters. The standard InChI is InChI=1S/C32H20F2N4.Pt/c1-32(2,28-13-7-11-24(35-28)22-15-14-19(33)18-23(22)34)29-17-16-27-30(37-29)20-8-3-4-9-21(20)31-36-25-10-5-6-12-26(25)38(27)31;/h3-7,9-14,16-18H,1-2H3;/q-2;+2. The van der Waals surface area contributed by atoms with Gasteiger partial charge in [-0.15, -0.1) is 41.8 Å². The van der Waals surface area contributed by atoms with Gasteiger partial charge in [0.15, 0.2) is 0 Å². The number of pyridine rings is 3. The fourth-order valence-electron chi connectivity index (χ4n) is 5.13. The van der Waals surface area contributed by atoms with Gasteiger partial charge in [-0.25, -0.2) is 4.98 Å². The molecular weight excluding hydrogens is 673 g/mol. The predicted octanol–water partition coefficient (Wildman–Crippen LogP) is 7.45. The average molecular weight is 694 g/mol. The van der Waals surface area contributed by atoms with Crippen molar-refractivity contribution in [1.82, 2.24) is 19.4 Å². The van der Waals surface area contributed by atoms with Crippen molar-refractivity contribution in [3.63, 3.8) is 0 Å². The quantitative estimate of drug-likeness (QED) is 0.143. The summed E-state index contributed by atoms with van der Waals surface area (Å²) in [4.78, 5) is 14.8. The van der Waals surface area contributed by atoms with Crippen molar-refractivity contribution in [1.29, 1.82) is 0 Å². The van der Waals surface area contributed by atoms with Crippen molar-refractivity contribution in [2.24, 2.45) is 0 Å². The van der Waals surface area contributed by atoms with Crippen molar-refractivity contribution in [3.05, 3.63) is 120 Å². The van der Waals surface area contributed by atoms with Gasteiger partial charge in [0, 0.05) is 39.5 Å². The van der Waals surface area contributed by atoms with Gasteiger partial charge < -0.3 is 9.38 Å². The summed E-state index contributed by atoms with van der Waals surface area (Å²) in [5, 5.41) is 1.87. The molecule has 0 aliphatic heterocycles. The largest absolute Gasteiger partial charge is 2.00 e. The molecule has 0 saturated heterocycles. The molecule has 7 aromatic rings. The summed E-state index contributed by atoms with van der Waals surface area (Å²) in [6, 6.07) is 31.5. The Hall–Kier alpha value is -4.02. The van der Waals surface area contributed by atoms with Crippen LogP contribution in [0.1, 0.15) is 25.2 Å². The zero-order valence-electron chi connectivity index (χ0n) is 20.9. The second-order valence-electron chi connectivity index (χ2n) is 9.86. The SMILES string of the molecule is CC(C)(c1cccc(-c2[c-]cc(F)cc2F)n1)c1ccc2c(n1)c1[c-]cccc1c1nc3ccccc3n21.[Pt+2]. The minimum absolute atomic E-state index is 0. The third kappa shape index (κ3) is 3.93. The first kappa shape index (κ1) is 25.3. The van der Waals surface area contributed by atoms with E-state index < -0.39 is 17.0 Å². The molecule has 0 N–H and O–H groups in total. The molecule has 0 saturated carbocycles. The zero-order valence-corrected chi connectivity index (χ0v) is 23.2. The first-order chi connectivity index (χ1) is 18.4. The maximum absolute atomic E-state index is 14.5. The summed E-state index contributed by atoms with van der Waals surface area (Å²) >= 11 is 0. The molecule has 0 fully saturated rings. The van der Waals surface area contributed by atoms with E-state index >= 15 is 0 Å². The van der Waals surface area contributed by atoms with Crippen LogP contribution in [-0.2, 0) is 26.5 Å². The van der Waals surface area contributed by atoms with Crippen LogP contribution >= 0.6 is 0 Å². The van der Waals surface area contributed by atoms with Crippen LogP contribution in [0.25, 0.3) is 49.7 Å².